The summed E-state index contributed by atoms with van der Waals surface area (Å²) in [7, 11) is 2.32. The number of hydrogen-bond acceptors (Lipinski definition) is 6. The molecule has 0 N–H and O–H groups in total. The Morgan fingerprint density at radius 2 is 1.71 bits per heavy atom. The molecular weight excluding hydrogens is 276 g/mol. The number of hydrogen-bond donors (Lipinski definition) is 0. The first-order valence-corrected chi connectivity index (χ1v) is 5.94. The van der Waals surface area contributed by atoms with Crippen molar-refractivity contribution in [1.29, 1.82) is 0 Å². The van der Waals surface area contributed by atoms with Crippen molar-refractivity contribution in [3.63, 3.8) is 0 Å². The highest BCUT2D eigenvalue weighted by molar-refractivity contribution is 6.06. The Hall–Kier alpha value is -2.96. The number of nitrogens with zero attached hydrogens (tertiary/aromatic N) is 2. The minimum atomic E-state index is -0.834. The van der Waals surface area contributed by atoms with E-state index in [0.717, 1.165) is 7.11 Å². The molecular formula is C14H12N2O5. The fourth-order valence-electron chi connectivity index (χ4n) is 1.86. The summed E-state index contributed by atoms with van der Waals surface area (Å²) in [6, 6.07) is 8.60. The molecule has 0 fully saturated rings. The van der Waals surface area contributed by atoms with Crippen LogP contribution in [0.3, 0.4) is 0 Å². The Morgan fingerprint density at radius 1 is 1.10 bits per heavy atom. The first-order chi connectivity index (χ1) is 10.1. The van der Waals surface area contributed by atoms with E-state index in [9.17, 15) is 14.4 Å². The second-order valence-electron chi connectivity index (χ2n) is 3.96. The van der Waals surface area contributed by atoms with Crippen molar-refractivity contribution in [3.8, 4) is 5.69 Å². The Labute approximate surface area is 120 Å². The van der Waals surface area contributed by atoms with E-state index in [-0.39, 0.29) is 17.0 Å². The summed E-state index contributed by atoms with van der Waals surface area (Å²) >= 11 is 0. The van der Waals surface area contributed by atoms with Gasteiger partial charge in [0, 0.05) is 0 Å². The zero-order valence-electron chi connectivity index (χ0n) is 11.4. The van der Waals surface area contributed by atoms with Gasteiger partial charge in [0.25, 0.3) is 0 Å². The average molecular weight is 288 g/mol. The summed E-state index contributed by atoms with van der Waals surface area (Å²) in [6.07, 6.45) is 0.387. The molecule has 2 aromatic rings. The summed E-state index contributed by atoms with van der Waals surface area (Å²) < 4.78 is 10.5. The lowest BCUT2D eigenvalue weighted by Crippen LogP contribution is -2.15. The van der Waals surface area contributed by atoms with Crippen molar-refractivity contribution in [1.82, 2.24) is 9.78 Å². The van der Waals surface area contributed by atoms with Crippen LogP contribution in [0, 0.1) is 0 Å². The average Bonchev–Trinajstić information content (AvgIpc) is 2.93. The maximum absolute atomic E-state index is 12.0. The molecule has 1 heterocycles. The predicted octanol–water partition coefficient (Wildman–Crippen LogP) is 1.26. The second kappa shape index (κ2) is 6.00. The number of para-hydroxylation sites is 1. The molecule has 0 unspecified atom stereocenters. The molecule has 0 saturated heterocycles. The van der Waals surface area contributed by atoms with Crippen molar-refractivity contribution < 1.29 is 23.9 Å². The summed E-state index contributed by atoms with van der Waals surface area (Å²) in [5.41, 5.74) is -0.0527. The largest absolute Gasteiger partial charge is 0.465 e. The van der Waals surface area contributed by atoms with E-state index in [1.165, 1.54) is 11.8 Å². The number of methoxy groups -OCH3 is 2. The van der Waals surface area contributed by atoms with E-state index in [0.29, 0.717) is 12.0 Å². The highest BCUT2D eigenvalue weighted by atomic mass is 16.5. The van der Waals surface area contributed by atoms with Gasteiger partial charge in [-0.1, -0.05) is 18.2 Å². The maximum atomic E-state index is 12.0. The number of benzene rings is 1. The van der Waals surface area contributed by atoms with Crippen molar-refractivity contribution in [2.75, 3.05) is 14.2 Å². The van der Waals surface area contributed by atoms with Crippen LogP contribution in [0.25, 0.3) is 5.69 Å². The van der Waals surface area contributed by atoms with Crippen LogP contribution >= 0.6 is 0 Å². The second-order valence-corrected chi connectivity index (χ2v) is 3.96. The van der Waals surface area contributed by atoms with Crippen LogP contribution in [0.15, 0.2) is 30.3 Å². The van der Waals surface area contributed by atoms with Gasteiger partial charge in [-0.05, 0) is 12.1 Å². The molecule has 0 bridgehead atoms. The third kappa shape index (κ3) is 2.53. The molecule has 0 radical (unpaired) electrons. The lowest BCUT2D eigenvalue weighted by molar-refractivity contribution is 0.0548. The summed E-state index contributed by atoms with van der Waals surface area (Å²) in [4.78, 5) is 34.9. The summed E-state index contributed by atoms with van der Waals surface area (Å²) in [5.74, 6) is -1.63. The van der Waals surface area contributed by atoms with Crippen LogP contribution in [-0.4, -0.2) is 42.2 Å². The number of esters is 2. The predicted molar refractivity (Wildman–Crippen MR) is 71.6 cm³/mol. The Kier molecular flexibility index (Phi) is 4.13. The highest BCUT2D eigenvalue weighted by Crippen LogP contribution is 2.20. The Balaban J connectivity index is 2.76. The molecule has 108 valence electrons. The molecule has 0 amide bonds. The van der Waals surface area contributed by atoms with Crippen LogP contribution in [0.5, 0.6) is 0 Å². The highest BCUT2D eigenvalue weighted by Gasteiger charge is 2.30. The van der Waals surface area contributed by atoms with Crippen LogP contribution < -0.4 is 0 Å². The van der Waals surface area contributed by atoms with Gasteiger partial charge in [0.15, 0.2) is 12.0 Å². The third-order valence-corrected chi connectivity index (χ3v) is 2.79. The third-order valence-electron chi connectivity index (χ3n) is 2.79. The molecule has 0 spiro atoms. The van der Waals surface area contributed by atoms with Gasteiger partial charge in [-0.15, -0.1) is 0 Å². The minimum Gasteiger partial charge on any atom is -0.465 e. The van der Waals surface area contributed by atoms with Crippen molar-refractivity contribution in [3.05, 3.63) is 47.3 Å². The zero-order chi connectivity index (χ0) is 15.4. The van der Waals surface area contributed by atoms with Gasteiger partial charge >= 0.3 is 11.9 Å². The van der Waals surface area contributed by atoms with Crippen molar-refractivity contribution in [2.24, 2.45) is 0 Å². The minimum absolute atomic E-state index is 0.155. The lowest BCUT2D eigenvalue weighted by atomic mass is 10.2. The number of aldehydes is 1. The van der Waals surface area contributed by atoms with E-state index in [1.807, 2.05) is 0 Å². The van der Waals surface area contributed by atoms with Crippen LogP contribution in [0.2, 0.25) is 0 Å². The molecule has 1 aromatic carbocycles. The zero-order valence-corrected chi connectivity index (χ0v) is 11.4. The molecule has 0 saturated carbocycles. The molecule has 0 aliphatic rings. The van der Waals surface area contributed by atoms with Gasteiger partial charge < -0.3 is 9.47 Å². The van der Waals surface area contributed by atoms with Crippen molar-refractivity contribution >= 4 is 18.2 Å². The maximum Gasteiger partial charge on any atom is 0.357 e. The molecule has 0 atom stereocenters. The molecule has 2 rings (SSSR count). The summed E-state index contributed by atoms with van der Waals surface area (Å²) in [6.45, 7) is 0. The first-order valence-electron chi connectivity index (χ1n) is 5.94. The fraction of sp³-hybridized carbons (Fsp3) is 0.143. The van der Waals surface area contributed by atoms with E-state index >= 15 is 0 Å². The number of carbonyl (C=O) groups excluding carboxylic acids is 3. The first kappa shape index (κ1) is 14.4. The standard InChI is InChI=1S/C14H12N2O5/c1-20-13(18)11-10(8-17)15-16(12(11)14(19)21-2)9-6-4-3-5-7-9/h3-8H,1-2H3. The lowest BCUT2D eigenvalue weighted by Gasteiger charge is -2.06. The normalized spacial score (nSPS) is 10.0. The smallest absolute Gasteiger partial charge is 0.357 e. The van der Waals surface area contributed by atoms with Crippen LogP contribution in [0.1, 0.15) is 31.3 Å². The Bertz CT molecular complexity index is 691. The van der Waals surface area contributed by atoms with E-state index < -0.39 is 11.9 Å². The van der Waals surface area contributed by atoms with Gasteiger partial charge in [-0.2, -0.15) is 5.10 Å². The Morgan fingerprint density at radius 3 is 2.24 bits per heavy atom. The molecule has 7 heteroatoms. The molecule has 0 aliphatic heterocycles. The number of rotatable bonds is 4. The molecule has 1 aromatic heterocycles. The van der Waals surface area contributed by atoms with Gasteiger partial charge in [0.1, 0.15) is 11.3 Å². The topological polar surface area (TPSA) is 87.5 Å². The van der Waals surface area contributed by atoms with Crippen molar-refractivity contribution in [2.45, 2.75) is 0 Å². The quantitative estimate of drug-likeness (QED) is 0.621. The van der Waals surface area contributed by atoms with E-state index in [2.05, 4.69) is 14.6 Å². The number of carbonyl (C=O) groups is 3. The molecule has 0 aliphatic carbocycles. The number of ether oxygens (including phenoxy) is 2. The fourth-order valence-corrected chi connectivity index (χ4v) is 1.86. The van der Waals surface area contributed by atoms with Gasteiger partial charge in [0.05, 0.1) is 19.9 Å². The van der Waals surface area contributed by atoms with Gasteiger partial charge in [-0.25, -0.2) is 14.3 Å². The van der Waals surface area contributed by atoms with Gasteiger partial charge in [-0.3, -0.25) is 4.79 Å². The van der Waals surface area contributed by atoms with E-state index in [1.54, 1.807) is 30.3 Å². The van der Waals surface area contributed by atoms with E-state index in [4.69, 9.17) is 0 Å². The van der Waals surface area contributed by atoms with Crippen LogP contribution in [0.4, 0.5) is 0 Å². The summed E-state index contributed by atoms with van der Waals surface area (Å²) in [5, 5.41) is 3.98. The SMILES string of the molecule is COC(=O)c1c(C=O)nn(-c2ccccc2)c1C(=O)OC. The number of aromatic nitrogens is 2. The monoisotopic (exact) mass is 288 g/mol. The molecule has 21 heavy (non-hydrogen) atoms. The van der Waals surface area contributed by atoms with Crippen LogP contribution in [-0.2, 0) is 9.47 Å². The van der Waals surface area contributed by atoms with Gasteiger partial charge in [0.2, 0.25) is 0 Å². The molecule has 7 nitrogen and oxygen atoms in total.